The predicted octanol–water partition coefficient (Wildman–Crippen LogP) is 7.98. The molecule has 0 unspecified atom stereocenters. The lowest BCUT2D eigenvalue weighted by Gasteiger charge is -2.36. The summed E-state index contributed by atoms with van der Waals surface area (Å²) in [5, 5.41) is 40.8. The molecule has 3 saturated heterocycles. The first-order chi connectivity index (χ1) is 32.9. The Hall–Kier alpha value is -5.41. The van der Waals surface area contributed by atoms with Crippen LogP contribution in [0.3, 0.4) is 0 Å². The number of aliphatic hydroxyl groups excluding tert-OH is 3. The molecule has 0 spiro atoms. The van der Waals surface area contributed by atoms with Gasteiger partial charge in [0, 0.05) is 75.1 Å². The van der Waals surface area contributed by atoms with Crippen LogP contribution >= 0.6 is 12.4 Å². The van der Waals surface area contributed by atoms with Crippen molar-refractivity contribution in [3.8, 4) is 5.75 Å². The largest absolute Gasteiger partial charge is 0.496 e. The number of nitrogens with two attached hydrogens (primary N) is 1. The molecular formula is C56H73ClN6O6. The van der Waals surface area contributed by atoms with Gasteiger partial charge in [0.15, 0.2) is 0 Å². The molecule has 0 saturated carbocycles. The lowest BCUT2D eigenvalue weighted by atomic mass is 10.0. The Labute approximate surface area is 415 Å². The summed E-state index contributed by atoms with van der Waals surface area (Å²) in [6.07, 6.45) is 2.48. The zero-order valence-corrected chi connectivity index (χ0v) is 41.4. The molecule has 0 aliphatic carbocycles. The van der Waals surface area contributed by atoms with Crippen molar-refractivity contribution < 1.29 is 29.6 Å². The van der Waals surface area contributed by atoms with Gasteiger partial charge in [-0.1, -0.05) is 140 Å². The van der Waals surface area contributed by atoms with E-state index in [-0.39, 0.29) is 48.8 Å². The third kappa shape index (κ3) is 17.5. The summed E-state index contributed by atoms with van der Waals surface area (Å²) in [6.45, 7) is 11.6. The highest BCUT2D eigenvalue weighted by Crippen LogP contribution is 2.25. The van der Waals surface area contributed by atoms with E-state index in [4.69, 9.17) is 20.3 Å². The summed E-state index contributed by atoms with van der Waals surface area (Å²) in [4.78, 5) is 20.9. The number of halogens is 1. The monoisotopic (exact) mass is 961 g/mol. The van der Waals surface area contributed by atoms with Crippen molar-refractivity contribution in [3.05, 3.63) is 162 Å². The van der Waals surface area contributed by atoms with Crippen LogP contribution < -0.4 is 21.1 Å². The van der Waals surface area contributed by atoms with E-state index in [0.29, 0.717) is 19.5 Å². The van der Waals surface area contributed by atoms with E-state index < -0.39 is 11.7 Å². The number of rotatable bonds is 8. The Morgan fingerprint density at radius 3 is 1.97 bits per heavy atom. The van der Waals surface area contributed by atoms with E-state index in [9.17, 15) is 15.0 Å². The number of hydrogen-bond acceptors (Lipinski definition) is 11. The minimum Gasteiger partial charge on any atom is -0.496 e. The minimum atomic E-state index is -0.556. The molecule has 6 aromatic rings. The fourth-order valence-electron chi connectivity index (χ4n) is 8.38. The molecule has 3 aliphatic rings. The fourth-order valence-corrected chi connectivity index (χ4v) is 8.38. The quantitative estimate of drug-likeness (QED) is 0.0825. The molecule has 12 nitrogen and oxygen atoms in total. The molecule has 7 N–H and O–H groups in total. The van der Waals surface area contributed by atoms with Crippen molar-refractivity contribution in [1.82, 2.24) is 20.4 Å². The van der Waals surface area contributed by atoms with E-state index in [1.807, 2.05) is 81.4 Å². The highest BCUT2D eigenvalue weighted by Gasteiger charge is 2.32. The lowest BCUT2D eigenvalue weighted by Crippen LogP contribution is -2.53. The molecule has 3 fully saturated rings. The summed E-state index contributed by atoms with van der Waals surface area (Å²) >= 11 is 0. The third-order valence-electron chi connectivity index (χ3n) is 12.2. The molecule has 6 atom stereocenters. The first-order valence-electron chi connectivity index (χ1n) is 23.9. The smallest absolute Gasteiger partial charge is 0.410 e. The maximum Gasteiger partial charge on any atom is 0.410 e. The number of likely N-dealkylation sites (tertiary alicyclic amines) is 2. The number of nitrogens with zero attached hydrogens (tertiary/aromatic N) is 3. The number of aliphatic hydroxyl groups is 3. The number of benzene rings is 6. The molecule has 3 aliphatic heterocycles. The van der Waals surface area contributed by atoms with Crippen LogP contribution in [0.25, 0.3) is 21.5 Å². The molecule has 69 heavy (non-hydrogen) atoms. The Morgan fingerprint density at radius 1 is 0.739 bits per heavy atom. The average molecular weight is 962 g/mol. The summed E-state index contributed by atoms with van der Waals surface area (Å²) in [5.74, 6) is 0.938. The van der Waals surface area contributed by atoms with Gasteiger partial charge in [0.25, 0.3) is 0 Å². The van der Waals surface area contributed by atoms with E-state index in [1.165, 1.54) is 21.9 Å². The maximum absolute atomic E-state index is 12.3. The van der Waals surface area contributed by atoms with Crippen molar-refractivity contribution in [1.29, 1.82) is 0 Å². The summed E-state index contributed by atoms with van der Waals surface area (Å²) in [5.41, 5.74) is 8.53. The SMILES string of the molecule is CC(C)(C)OC(=O)N1CC[C@H](O)[C@@H](N=Cc2cccc3ccccc23)C1.COc1cccc2ccccc12.Cl.N[C@H]1CNCC[C@@H]1O.O[C@H]1CCN(Cc2ccccc2)C[C@@H]1NCc1ccccc1. The van der Waals surface area contributed by atoms with E-state index in [2.05, 4.69) is 105 Å². The van der Waals surface area contributed by atoms with Crippen LogP contribution in [0, 0.1) is 0 Å². The fraction of sp³-hybridized carbons (Fsp3) is 0.393. The van der Waals surface area contributed by atoms with Crippen LogP contribution in [0.1, 0.15) is 56.7 Å². The Morgan fingerprint density at radius 2 is 1.33 bits per heavy atom. The molecule has 0 aromatic heterocycles. The van der Waals surface area contributed by atoms with E-state index in [0.717, 1.165) is 74.2 Å². The van der Waals surface area contributed by atoms with Crippen molar-refractivity contribution in [3.63, 3.8) is 0 Å². The number of carbonyl (C=O) groups excluding carboxylic acids is 1. The second kappa shape index (κ2) is 27.7. The van der Waals surface area contributed by atoms with Crippen molar-refractivity contribution in [2.75, 3.05) is 46.4 Å². The molecule has 1 amide bonds. The van der Waals surface area contributed by atoms with Gasteiger partial charge in [0.1, 0.15) is 11.4 Å². The van der Waals surface area contributed by atoms with Gasteiger partial charge in [-0.2, -0.15) is 0 Å². The van der Waals surface area contributed by atoms with Gasteiger partial charge >= 0.3 is 6.09 Å². The Balaban J connectivity index is 0.000000185. The van der Waals surface area contributed by atoms with Gasteiger partial charge in [0.2, 0.25) is 0 Å². The van der Waals surface area contributed by atoms with E-state index >= 15 is 0 Å². The Kier molecular flexibility index (Phi) is 21.9. The molecule has 9 rings (SSSR count). The number of aliphatic imine (C=N–C) groups is 1. The average Bonchev–Trinajstić information content (AvgIpc) is 3.35. The second-order valence-electron chi connectivity index (χ2n) is 18.7. The summed E-state index contributed by atoms with van der Waals surface area (Å²) in [7, 11) is 1.70. The zero-order valence-electron chi connectivity index (χ0n) is 40.6. The number of carbonyl (C=O) groups is 1. The van der Waals surface area contributed by atoms with E-state index in [1.54, 1.807) is 18.2 Å². The summed E-state index contributed by atoms with van der Waals surface area (Å²) < 4.78 is 10.7. The van der Waals surface area contributed by atoms with Gasteiger partial charge in [-0.3, -0.25) is 9.89 Å². The molecule has 0 bridgehead atoms. The molecule has 0 radical (unpaired) electrons. The van der Waals surface area contributed by atoms with Crippen LogP contribution in [0.2, 0.25) is 0 Å². The molecule has 3 heterocycles. The molecular weight excluding hydrogens is 888 g/mol. The first-order valence-corrected chi connectivity index (χ1v) is 23.9. The van der Waals surface area contributed by atoms with Crippen LogP contribution in [-0.2, 0) is 17.8 Å². The number of ether oxygens (including phenoxy) is 2. The number of nitrogens with one attached hydrogen (secondary N) is 2. The number of fused-ring (bicyclic) bond motifs is 2. The normalized spacial score (nSPS) is 21.6. The summed E-state index contributed by atoms with van der Waals surface area (Å²) in [6, 6.07) is 49.1. The van der Waals surface area contributed by atoms with Gasteiger partial charge in [-0.25, -0.2) is 4.79 Å². The second-order valence-corrected chi connectivity index (χ2v) is 18.7. The molecule has 6 aromatic carbocycles. The molecule has 370 valence electrons. The van der Waals surface area contributed by atoms with Gasteiger partial charge in [0.05, 0.1) is 31.5 Å². The van der Waals surface area contributed by atoms with Crippen molar-refractivity contribution >= 4 is 46.3 Å². The zero-order chi connectivity index (χ0) is 48.3. The molecule has 13 heteroatoms. The van der Waals surface area contributed by atoms with Crippen molar-refractivity contribution in [2.24, 2.45) is 10.7 Å². The van der Waals surface area contributed by atoms with Gasteiger partial charge in [-0.15, -0.1) is 12.4 Å². The first kappa shape index (κ1) is 54.5. The highest BCUT2D eigenvalue weighted by molar-refractivity contribution is 5.99. The third-order valence-corrected chi connectivity index (χ3v) is 12.2. The number of piperidine rings is 3. The predicted molar refractivity (Wildman–Crippen MR) is 282 cm³/mol. The van der Waals surface area contributed by atoms with Crippen molar-refractivity contribution in [2.45, 2.75) is 95.2 Å². The van der Waals surface area contributed by atoms with Crippen LogP contribution in [0.15, 0.2) is 151 Å². The van der Waals surface area contributed by atoms with Crippen LogP contribution in [-0.4, -0.2) is 126 Å². The van der Waals surface area contributed by atoms with Crippen LogP contribution in [0.5, 0.6) is 5.75 Å². The Bertz CT molecular complexity index is 2440. The number of amides is 1. The topological polar surface area (TPSA) is 165 Å². The number of hydrogen-bond donors (Lipinski definition) is 6. The maximum atomic E-state index is 12.3. The lowest BCUT2D eigenvalue weighted by molar-refractivity contribution is 0.00523. The standard InChI is InChI=1S/C21H26N2O3.C19H24N2O.C11H10O.C5H12N2O.ClH/c1-21(2,3)26-20(25)23-12-11-19(24)18(14-23)22-13-16-9-6-8-15-7-4-5-10-17(15)16;22-19-11-12-21(14-17-9-5-2-6-10-17)15-18(19)20-13-16-7-3-1-4-8-16;1-12-11-8-4-6-9-5-2-3-7-10(9)11;6-4-3-7-2-1-5(4)8;/h4-10,13,18-19,24H,11-12,14H2,1-3H3;1-10,18-20,22H,11-15H2;2-8H,1H3;4-5,7-8H,1-3,6H2;1H/t2*18-,19-;;4-,5-;/m00.0./s1. The number of methoxy groups -OCH3 is 1. The minimum absolute atomic E-state index is 0. The van der Waals surface area contributed by atoms with Gasteiger partial charge in [-0.05, 0) is 79.9 Å². The van der Waals surface area contributed by atoms with Gasteiger partial charge < -0.3 is 46.1 Å². The highest BCUT2D eigenvalue weighted by atomic mass is 35.5. The van der Waals surface area contributed by atoms with Crippen LogP contribution in [0.4, 0.5) is 4.79 Å².